The van der Waals surface area contributed by atoms with Crippen molar-refractivity contribution >= 4 is 0 Å². The van der Waals surface area contributed by atoms with Crippen LogP contribution in [0.2, 0.25) is 0 Å². The molecule has 1 fully saturated rings. The van der Waals surface area contributed by atoms with E-state index >= 15 is 0 Å². The van der Waals surface area contributed by atoms with Gasteiger partial charge in [-0.25, -0.2) is 0 Å². The Labute approximate surface area is 94.8 Å². The fourth-order valence-electron chi connectivity index (χ4n) is 2.35. The van der Waals surface area contributed by atoms with Crippen molar-refractivity contribution < 1.29 is 0 Å². The van der Waals surface area contributed by atoms with Crippen LogP contribution in [0, 0.1) is 0 Å². The van der Waals surface area contributed by atoms with Crippen LogP contribution < -0.4 is 5.32 Å². The summed E-state index contributed by atoms with van der Waals surface area (Å²) in [7, 11) is 4.37. The molecule has 1 aliphatic rings. The first-order valence-electron chi connectivity index (χ1n) is 6.08. The van der Waals surface area contributed by atoms with Gasteiger partial charge in [0.15, 0.2) is 0 Å². The molecule has 0 saturated carbocycles. The Morgan fingerprint density at radius 1 is 1.13 bits per heavy atom. The highest BCUT2D eigenvalue weighted by Gasteiger charge is 2.34. The van der Waals surface area contributed by atoms with E-state index in [0.29, 0.717) is 24.2 Å². The largest absolute Gasteiger partial charge is 0.309 e. The van der Waals surface area contributed by atoms with Crippen molar-refractivity contribution in [1.29, 1.82) is 0 Å². The molecule has 0 radical (unpaired) electrons. The molecule has 0 spiro atoms. The fraction of sp³-hybridized carbons (Fsp3) is 1.00. The second-order valence-corrected chi connectivity index (χ2v) is 5.51. The fourth-order valence-corrected chi connectivity index (χ4v) is 2.35. The minimum Gasteiger partial charge on any atom is -0.309 e. The number of nitrogens with zero attached hydrogens (tertiary/aromatic N) is 2. The van der Waals surface area contributed by atoms with Gasteiger partial charge < -0.3 is 10.2 Å². The van der Waals surface area contributed by atoms with Gasteiger partial charge in [-0.15, -0.1) is 0 Å². The molecule has 2 atom stereocenters. The van der Waals surface area contributed by atoms with E-state index in [9.17, 15) is 0 Å². The van der Waals surface area contributed by atoms with Gasteiger partial charge in [0.2, 0.25) is 0 Å². The molecule has 15 heavy (non-hydrogen) atoms. The third-order valence-corrected chi connectivity index (χ3v) is 3.26. The Morgan fingerprint density at radius 3 is 2.13 bits per heavy atom. The number of likely N-dealkylation sites (tertiary alicyclic amines) is 1. The van der Waals surface area contributed by atoms with Crippen LogP contribution in [0.3, 0.4) is 0 Å². The molecule has 0 aromatic heterocycles. The topological polar surface area (TPSA) is 18.5 Å². The normalized spacial score (nSPS) is 28.6. The molecule has 0 aromatic carbocycles. The lowest BCUT2D eigenvalue weighted by Crippen LogP contribution is -2.48. The summed E-state index contributed by atoms with van der Waals surface area (Å²) < 4.78 is 0. The summed E-state index contributed by atoms with van der Waals surface area (Å²) in [6.07, 6.45) is 0. The van der Waals surface area contributed by atoms with Crippen molar-refractivity contribution in [2.75, 3.05) is 27.2 Å². The van der Waals surface area contributed by atoms with Crippen LogP contribution >= 0.6 is 0 Å². The highest BCUT2D eigenvalue weighted by Crippen LogP contribution is 2.17. The summed E-state index contributed by atoms with van der Waals surface area (Å²) in [4.78, 5) is 4.91. The van der Waals surface area contributed by atoms with E-state index in [1.54, 1.807) is 0 Å². The predicted octanol–water partition coefficient (Wildman–Crippen LogP) is 1.01. The Bertz CT molecular complexity index is 189. The van der Waals surface area contributed by atoms with Crippen LogP contribution in [0.5, 0.6) is 0 Å². The van der Waals surface area contributed by atoms with Crippen LogP contribution in [-0.2, 0) is 0 Å². The minimum atomic E-state index is 0.574. The van der Waals surface area contributed by atoms with Gasteiger partial charge >= 0.3 is 0 Å². The Balaban J connectivity index is 2.59. The maximum absolute atomic E-state index is 3.67. The van der Waals surface area contributed by atoms with Crippen molar-refractivity contribution in [3.05, 3.63) is 0 Å². The van der Waals surface area contributed by atoms with Gasteiger partial charge in [-0.3, -0.25) is 4.90 Å². The zero-order chi connectivity index (χ0) is 11.6. The molecule has 0 aromatic rings. The second-order valence-electron chi connectivity index (χ2n) is 5.51. The molecule has 90 valence electrons. The molecule has 1 rings (SSSR count). The number of hydrogen-bond acceptors (Lipinski definition) is 3. The van der Waals surface area contributed by atoms with Gasteiger partial charge in [-0.2, -0.15) is 0 Å². The molecule has 0 bridgehead atoms. The lowest BCUT2D eigenvalue weighted by atomic mass is 10.1. The molecule has 1 aliphatic heterocycles. The number of likely N-dealkylation sites (N-methyl/N-ethyl adjacent to an activating group) is 1. The maximum atomic E-state index is 3.67. The SMILES string of the molecule is CC(C)NC1CN(C(C)C)C[C@@H]1N(C)C. The molecule has 3 heteroatoms. The average Bonchev–Trinajstić information content (AvgIpc) is 2.46. The van der Waals surface area contributed by atoms with E-state index in [1.807, 2.05) is 0 Å². The van der Waals surface area contributed by atoms with E-state index in [2.05, 4.69) is 56.9 Å². The van der Waals surface area contributed by atoms with Gasteiger partial charge in [0.1, 0.15) is 0 Å². The molecular formula is C12H27N3. The van der Waals surface area contributed by atoms with E-state index in [0.717, 1.165) is 0 Å². The number of nitrogens with one attached hydrogen (secondary N) is 1. The van der Waals surface area contributed by atoms with Gasteiger partial charge in [0.25, 0.3) is 0 Å². The Hall–Kier alpha value is -0.120. The molecular weight excluding hydrogens is 186 g/mol. The number of rotatable bonds is 4. The predicted molar refractivity (Wildman–Crippen MR) is 66.2 cm³/mol. The van der Waals surface area contributed by atoms with Crippen molar-refractivity contribution in [3.8, 4) is 0 Å². The van der Waals surface area contributed by atoms with Crippen LogP contribution in [0.25, 0.3) is 0 Å². The lowest BCUT2D eigenvalue weighted by Gasteiger charge is -2.27. The highest BCUT2D eigenvalue weighted by atomic mass is 15.3. The monoisotopic (exact) mass is 213 g/mol. The molecule has 1 heterocycles. The first-order chi connectivity index (χ1) is 6.91. The number of hydrogen-bond donors (Lipinski definition) is 1. The van der Waals surface area contributed by atoms with Crippen LogP contribution in [0.1, 0.15) is 27.7 Å². The summed E-state index contributed by atoms with van der Waals surface area (Å²) in [6, 6.07) is 2.49. The standard InChI is InChI=1S/C12H27N3/c1-9(2)13-11-7-15(10(3)4)8-12(11)14(5)6/h9-13H,7-8H2,1-6H3/t11?,12-/m0/s1. The molecule has 3 nitrogen and oxygen atoms in total. The maximum Gasteiger partial charge on any atom is 0.0383 e. The Morgan fingerprint density at radius 2 is 1.73 bits per heavy atom. The summed E-state index contributed by atoms with van der Waals surface area (Å²) >= 11 is 0. The van der Waals surface area contributed by atoms with E-state index in [1.165, 1.54) is 13.1 Å². The van der Waals surface area contributed by atoms with Gasteiger partial charge in [0, 0.05) is 37.3 Å². The first-order valence-corrected chi connectivity index (χ1v) is 6.08. The smallest absolute Gasteiger partial charge is 0.0383 e. The van der Waals surface area contributed by atoms with Crippen molar-refractivity contribution in [2.24, 2.45) is 0 Å². The Kier molecular flexibility index (Phi) is 4.56. The van der Waals surface area contributed by atoms with Crippen LogP contribution in [-0.4, -0.2) is 61.2 Å². The van der Waals surface area contributed by atoms with E-state index in [-0.39, 0.29) is 0 Å². The molecule has 0 aliphatic carbocycles. The average molecular weight is 213 g/mol. The van der Waals surface area contributed by atoms with Crippen LogP contribution in [0.4, 0.5) is 0 Å². The molecule has 1 N–H and O–H groups in total. The molecule has 0 amide bonds. The van der Waals surface area contributed by atoms with Crippen LogP contribution in [0.15, 0.2) is 0 Å². The summed E-state index contributed by atoms with van der Waals surface area (Å²) in [5.41, 5.74) is 0. The second kappa shape index (κ2) is 5.28. The minimum absolute atomic E-state index is 0.574. The molecule has 1 saturated heterocycles. The van der Waals surface area contributed by atoms with E-state index < -0.39 is 0 Å². The lowest BCUT2D eigenvalue weighted by molar-refractivity contribution is 0.233. The highest BCUT2D eigenvalue weighted by molar-refractivity contribution is 4.95. The summed E-state index contributed by atoms with van der Waals surface area (Å²) in [5.74, 6) is 0. The van der Waals surface area contributed by atoms with Crippen molar-refractivity contribution in [2.45, 2.75) is 51.9 Å². The first kappa shape index (κ1) is 12.9. The third-order valence-electron chi connectivity index (χ3n) is 3.26. The van der Waals surface area contributed by atoms with Gasteiger partial charge in [-0.1, -0.05) is 13.8 Å². The van der Waals surface area contributed by atoms with Crippen molar-refractivity contribution in [1.82, 2.24) is 15.1 Å². The molecule has 1 unspecified atom stereocenters. The summed E-state index contributed by atoms with van der Waals surface area (Å²) in [5, 5.41) is 3.67. The summed E-state index contributed by atoms with van der Waals surface area (Å²) in [6.45, 7) is 11.4. The van der Waals surface area contributed by atoms with Gasteiger partial charge in [0.05, 0.1) is 0 Å². The van der Waals surface area contributed by atoms with Gasteiger partial charge in [-0.05, 0) is 27.9 Å². The van der Waals surface area contributed by atoms with E-state index in [4.69, 9.17) is 0 Å². The quantitative estimate of drug-likeness (QED) is 0.752. The van der Waals surface area contributed by atoms with Crippen molar-refractivity contribution in [3.63, 3.8) is 0 Å². The third kappa shape index (κ3) is 3.44. The zero-order valence-corrected chi connectivity index (χ0v) is 11.1. The zero-order valence-electron chi connectivity index (χ0n) is 11.1.